The van der Waals surface area contributed by atoms with Gasteiger partial charge >= 0.3 is 0 Å². The van der Waals surface area contributed by atoms with Gasteiger partial charge in [0.25, 0.3) is 0 Å². The quantitative estimate of drug-likeness (QED) is 0.834. The lowest BCUT2D eigenvalue weighted by atomic mass is 10.1. The van der Waals surface area contributed by atoms with Crippen LogP contribution < -0.4 is 4.90 Å². The molecule has 0 N–H and O–H groups in total. The van der Waals surface area contributed by atoms with Crippen molar-refractivity contribution in [3.05, 3.63) is 17.8 Å². The minimum Gasteiger partial charge on any atom is -0.381 e. The molecule has 2 aliphatic rings. The van der Waals surface area contributed by atoms with E-state index in [9.17, 15) is 4.39 Å². The van der Waals surface area contributed by atoms with Crippen LogP contribution in [0.2, 0.25) is 0 Å². The highest BCUT2D eigenvalue weighted by Crippen LogP contribution is 2.24. The van der Waals surface area contributed by atoms with Gasteiger partial charge in [-0.15, -0.1) is 0 Å². The van der Waals surface area contributed by atoms with Gasteiger partial charge in [-0.25, -0.2) is 14.4 Å². The van der Waals surface area contributed by atoms with E-state index in [1.807, 2.05) is 11.8 Å². The van der Waals surface area contributed by atoms with Gasteiger partial charge in [0.2, 0.25) is 0 Å². The zero-order valence-electron chi connectivity index (χ0n) is 13.1. The maximum absolute atomic E-state index is 14.3. The molecule has 1 atom stereocenters. The summed E-state index contributed by atoms with van der Waals surface area (Å²) in [5.74, 6) is 0.714. The van der Waals surface area contributed by atoms with Crippen LogP contribution in [0, 0.1) is 11.7 Å². The molecule has 3 heterocycles. The molecule has 5 nitrogen and oxygen atoms in total. The summed E-state index contributed by atoms with van der Waals surface area (Å²) in [4.78, 5) is 10.1. The van der Waals surface area contributed by atoms with Crippen molar-refractivity contribution in [1.29, 1.82) is 0 Å². The second kappa shape index (κ2) is 7.33. The lowest BCUT2D eigenvalue weighted by molar-refractivity contribution is 0.0130. The molecule has 0 aromatic carbocycles. The molecular formula is C16H24FN3O2. The van der Waals surface area contributed by atoms with Gasteiger partial charge in [0.05, 0.1) is 25.0 Å². The minimum absolute atomic E-state index is 0.271. The Morgan fingerprint density at radius 3 is 2.82 bits per heavy atom. The summed E-state index contributed by atoms with van der Waals surface area (Å²) in [6.07, 6.45) is 5.25. The molecule has 1 unspecified atom stereocenters. The van der Waals surface area contributed by atoms with Crippen LogP contribution >= 0.6 is 0 Å². The zero-order chi connectivity index (χ0) is 15.4. The van der Waals surface area contributed by atoms with E-state index in [-0.39, 0.29) is 11.9 Å². The molecule has 0 saturated carbocycles. The molecule has 22 heavy (non-hydrogen) atoms. The Morgan fingerprint density at radius 1 is 1.32 bits per heavy atom. The molecule has 6 heteroatoms. The van der Waals surface area contributed by atoms with E-state index in [4.69, 9.17) is 9.47 Å². The highest BCUT2D eigenvalue weighted by molar-refractivity contribution is 5.41. The topological polar surface area (TPSA) is 47.5 Å². The molecule has 0 bridgehead atoms. The highest BCUT2D eigenvalue weighted by atomic mass is 19.1. The van der Waals surface area contributed by atoms with Gasteiger partial charge in [0, 0.05) is 25.6 Å². The summed E-state index contributed by atoms with van der Waals surface area (Å²) in [5, 5.41) is 0. The minimum atomic E-state index is -0.271. The van der Waals surface area contributed by atoms with Crippen LogP contribution in [0.5, 0.6) is 0 Å². The first kappa shape index (κ1) is 15.6. The largest absolute Gasteiger partial charge is 0.381 e. The first-order valence-corrected chi connectivity index (χ1v) is 8.21. The lowest BCUT2D eigenvalue weighted by Crippen LogP contribution is -2.38. The van der Waals surface area contributed by atoms with Crippen molar-refractivity contribution in [3.63, 3.8) is 0 Å². The van der Waals surface area contributed by atoms with Crippen molar-refractivity contribution in [1.82, 2.24) is 9.97 Å². The fourth-order valence-corrected chi connectivity index (χ4v) is 3.08. The lowest BCUT2D eigenvalue weighted by Gasteiger charge is -2.33. The van der Waals surface area contributed by atoms with Crippen molar-refractivity contribution in [2.75, 3.05) is 37.8 Å². The predicted octanol–water partition coefficient (Wildman–Crippen LogP) is 2.20. The predicted molar refractivity (Wildman–Crippen MR) is 81.5 cm³/mol. The molecule has 2 saturated heterocycles. The molecule has 1 aromatic heterocycles. The van der Waals surface area contributed by atoms with E-state index in [0.29, 0.717) is 23.9 Å². The van der Waals surface area contributed by atoms with E-state index in [1.54, 1.807) is 0 Å². The molecule has 2 fully saturated rings. The number of anilines is 1. The fourth-order valence-electron chi connectivity index (χ4n) is 3.08. The van der Waals surface area contributed by atoms with Crippen LogP contribution in [0.4, 0.5) is 10.2 Å². The second-order valence-electron chi connectivity index (χ2n) is 6.06. The second-order valence-corrected chi connectivity index (χ2v) is 6.06. The Kier molecular flexibility index (Phi) is 5.20. The summed E-state index contributed by atoms with van der Waals surface area (Å²) in [6, 6.07) is 0. The Bertz CT molecular complexity index is 486. The summed E-state index contributed by atoms with van der Waals surface area (Å²) in [6.45, 7) is 5.93. The standard InChI is InChI=1S/C16H24FN3O2/c1-2-14-15(17)16(19-11-18-14)20-6-3-13(4-7-20)22-10-12-5-8-21-9-12/h11-13H,2-10H2,1H3. The number of nitrogens with zero attached hydrogens (tertiary/aromatic N) is 3. The average molecular weight is 309 g/mol. The van der Waals surface area contributed by atoms with Crippen molar-refractivity contribution in [3.8, 4) is 0 Å². The van der Waals surface area contributed by atoms with Gasteiger partial charge < -0.3 is 14.4 Å². The summed E-state index contributed by atoms with van der Waals surface area (Å²) in [5.41, 5.74) is 0.490. The van der Waals surface area contributed by atoms with Gasteiger partial charge in [0.15, 0.2) is 11.6 Å². The van der Waals surface area contributed by atoms with Crippen molar-refractivity contribution >= 4 is 5.82 Å². The third-order valence-electron chi connectivity index (χ3n) is 4.51. The number of hydrogen-bond donors (Lipinski definition) is 0. The van der Waals surface area contributed by atoms with Crippen LogP contribution in [0.25, 0.3) is 0 Å². The van der Waals surface area contributed by atoms with Gasteiger partial charge in [-0.1, -0.05) is 6.92 Å². The number of piperidine rings is 1. The van der Waals surface area contributed by atoms with E-state index >= 15 is 0 Å². The number of aryl methyl sites for hydroxylation is 1. The molecule has 122 valence electrons. The fraction of sp³-hybridized carbons (Fsp3) is 0.750. The Morgan fingerprint density at radius 2 is 2.14 bits per heavy atom. The van der Waals surface area contributed by atoms with Crippen molar-refractivity contribution in [2.24, 2.45) is 5.92 Å². The monoisotopic (exact) mass is 309 g/mol. The van der Waals surface area contributed by atoms with Gasteiger partial charge in [-0.2, -0.15) is 0 Å². The number of rotatable bonds is 5. The molecule has 1 aromatic rings. The number of halogens is 1. The van der Waals surface area contributed by atoms with Gasteiger partial charge in [-0.3, -0.25) is 0 Å². The Balaban J connectivity index is 1.51. The van der Waals surface area contributed by atoms with E-state index < -0.39 is 0 Å². The van der Waals surface area contributed by atoms with Gasteiger partial charge in [0.1, 0.15) is 6.33 Å². The normalized spacial score (nSPS) is 23.2. The van der Waals surface area contributed by atoms with Crippen molar-refractivity contribution < 1.29 is 13.9 Å². The Labute approximate surface area is 130 Å². The molecular weight excluding hydrogens is 285 g/mol. The molecule has 0 radical (unpaired) electrons. The molecule has 3 rings (SSSR count). The third-order valence-corrected chi connectivity index (χ3v) is 4.51. The van der Waals surface area contributed by atoms with Crippen LogP contribution in [0.1, 0.15) is 31.9 Å². The maximum atomic E-state index is 14.3. The Hall–Kier alpha value is -1.27. The van der Waals surface area contributed by atoms with Crippen LogP contribution in [0.15, 0.2) is 6.33 Å². The smallest absolute Gasteiger partial charge is 0.187 e. The molecule has 0 aliphatic carbocycles. The summed E-state index contributed by atoms with van der Waals surface area (Å²) >= 11 is 0. The van der Waals surface area contributed by atoms with Crippen LogP contribution in [0.3, 0.4) is 0 Å². The SMILES string of the molecule is CCc1ncnc(N2CCC(OCC3CCOC3)CC2)c1F. The van der Waals surface area contributed by atoms with Gasteiger partial charge in [-0.05, 0) is 25.7 Å². The molecule has 0 amide bonds. The highest BCUT2D eigenvalue weighted by Gasteiger charge is 2.25. The molecule has 0 spiro atoms. The summed E-state index contributed by atoms with van der Waals surface area (Å²) < 4.78 is 25.7. The zero-order valence-corrected chi connectivity index (χ0v) is 13.1. The van der Waals surface area contributed by atoms with Crippen LogP contribution in [-0.2, 0) is 15.9 Å². The first-order chi connectivity index (χ1) is 10.8. The number of aromatic nitrogens is 2. The molecule has 2 aliphatic heterocycles. The number of hydrogen-bond acceptors (Lipinski definition) is 5. The average Bonchev–Trinajstić information content (AvgIpc) is 3.07. The van der Waals surface area contributed by atoms with E-state index in [1.165, 1.54) is 6.33 Å². The third kappa shape index (κ3) is 3.55. The van der Waals surface area contributed by atoms with Crippen LogP contribution in [-0.4, -0.2) is 49.0 Å². The van der Waals surface area contributed by atoms with Crippen molar-refractivity contribution in [2.45, 2.75) is 38.7 Å². The van der Waals surface area contributed by atoms with E-state index in [2.05, 4.69) is 9.97 Å². The maximum Gasteiger partial charge on any atom is 0.187 e. The van der Waals surface area contributed by atoms with E-state index in [0.717, 1.165) is 52.2 Å². The summed E-state index contributed by atoms with van der Waals surface area (Å²) in [7, 11) is 0. The number of ether oxygens (including phenoxy) is 2. The first-order valence-electron chi connectivity index (χ1n) is 8.21.